The maximum Gasteiger partial charge on any atom is 0.192 e. The zero-order chi connectivity index (χ0) is 19.0. The van der Waals surface area contributed by atoms with Gasteiger partial charge in [0, 0.05) is 11.4 Å². The molecule has 1 fully saturated rings. The highest BCUT2D eigenvalue weighted by Gasteiger charge is 2.39. The molecule has 1 saturated carbocycles. The Hall–Kier alpha value is -1.16. The Kier molecular flexibility index (Phi) is 5.35. The van der Waals surface area contributed by atoms with Gasteiger partial charge >= 0.3 is 0 Å². The van der Waals surface area contributed by atoms with Crippen LogP contribution in [0.25, 0.3) is 0 Å². The fourth-order valence-electron chi connectivity index (χ4n) is 2.86. The summed E-state index contributed by atoms with van der Waals surface area (Å²) in [7, 11) is -1.75. The van der Waals surface area contributed by atoms with Crippen molar-refractivity contribution in [3.63, 3.8) is 0 Å². The van der Waals surface area contributed by atoms with Crippen LogP contribution in [-0.2, 0) is 4.43 Å². The van der Waals surface area contributed by atoms with Crippen LogP contribution < -0.4 is 10.1 Å². The average Bonchev–Trinajstić information content (AvgIpc) is 2.55. The summed E-state index contributed by atoms with van der Waals surface area (Å²) in [4.78, 5) is 1.14. The van der Waals surface area contributed by atoms with Crippen molar-refractivity contribution < 1.29 is 9.16 Å². The Morgan fingerprint density at radius 3 is 2.69 bits per heavy atom. The van der Waals surface area contributed by atoms with Crippen molar-refractivity contribution in [3.8, 4) is 11.8 Å². The number of hydrogen-bond donors (Lipinski definition) is 1. The summed E-state index contributed by atoms with van der Waals surface area (Å²) < 4.78 is 12.5. The Labute approximate surface area is 162 Å². The largest absolute Gasteiger partial charge is 0.486 e. The quantitative estimate of drug-likeness (QED) is 0.680. The van der Waals surface area contributed by atoms with Crippen LogP contribution in [-0.4, -0.2) is 32.3 Å². The Bertz CT molecular complexity index is 705. The van der Waals surface area contributed by atoms with Gasteiger partial charge in [-0.15, -0.1) is 11.8 Å². The number of hydrogen-bond acceptors (Lipinski definition) is 5. The molecule has 1 aromatic rings. The van der Waals surface area contributed by atoms with Gasteiger partial charge in [-0.1, -0.05) is 20.8 Å². The minimum Gasteiger partial charge on any atom is -0.486 e. The van der Waals surface area contributed by atoms with Gasteiger partial charge in [0.25, 0.3) is 0 Å². The lowest BCUT2D eigenvalue weighted by atomic mass is 9.78. The fraction of sp³-hybridized carbons (Fsp3) is 0.650. The summed E-state index contributed by atoms with van der Waals surface area (Å²) >= 11 is 1.82. The van der Waals surface area contributed by atoms with E-state index in [4.69, 9.17) is 9.16 Å². The van der Waals surface area contributed by atoms with E-state index >= 15 is 0 Å². The molecule has 1 atom stereocenters. The van der Waals surface area contributed by atoms with E-state index in [9.17, 15) is 5.26 Å². The van der Waals surface area contributed by atoms with Crippen LogP contribution in [0.4, 0.5) is 5.69 Å². The van der Waals surface area contributed by atoms with Crippen LogP contribution in [0.2, 0.25) is 18.1 Å². The van der Waals surface area contributed by atoms with Gasteiger partial charge in [-0.3, -0.25) is 0 Å². The van der Waals surface area contributed by atoms with E-state index in [1.165, 1.54) is 0 Å². The minimum absolute atomic E-state index is 0.0949. The van der Waals surface area contributed by atoms with E-state index in [-0.39, 0.29) is 16.7 Å². The highest BCUT2D eigenvalue weighted by Crippen LogP contribution is 2.41. The van der Waals surface area contributed by atoms with Gasteiger partial charge in [0.1, 0.15) is 17.4 Å². The Morgan fingerprint density at radius 2 is 2.12 bits per heavy atom. The van der Waals surface area contributed by atoms with Crippen molar-refractivity contribution in [1.29, 1.82) is 5.26 Å². The minimum atomic E-state index is -1.75. The van der Waals surface area contributed by atoms with Gasteiger partial charge in [-0.2, -0.15) is 5.26 Å². The lowest BCUT2D eigenvalue weighted by Gasteiger charge is -2.38. The third kappa shape index (κ3) is 4.05. The van der Waals surface area contributed by atoms with E-state index in [0.29, 0.717) is 6.61 Å². The lowest BCUT2D eigenvalue weighted by Crippen LogP contribution is -2.44. The SMILES string of the molecule is CC(C)(C)[Si](C)(C)OCC1CSc2cc(NC3(C#N)CCC3)ccc2O1. The maximum atomic E-state index is 9.40. The molecule has 26 heavy (non-hydrogen) atoms. The normalized spacial score (nSPS) is 21.8. The first kappa shape index (κ1) is 19.6. The average molecular weight is 391 g/mol. The second-order valence-electron chi connectivity index (χ2n) is 8.96. The lowest BCUT2D eigenvalue weighted by molar-refractivity contribution is 0.131. The van der Waals surface area contributed by atoms with E-state index in [0.717, 1.165) is 41.3 Å². The molecule has 1 aromatic carbocycles. The molecule has 1 heterocycles. The molecule has 0 bridgehead atoms. The molecule has 1 unspecified atom stereocenters. The molecule has 1 N–H and O–H groups in total. The van der Waals surface area contributed by atoms with Crippen LogP contribution in [0.1, 0.15) is 40.0 Å². The predicted octanol–water partition coefficient (Wildman–Crippen LogP) is 5.42. The van der Waals surface area contributed by atoms with E-state index in [2.05, 4.69) is 51.3 Å². The summed E-state index contributed by atoms with van der Waals surface area (Å²) in [5.74, 6) is 1.82. The van der Waals surface area contributed by atoms with Crippen molar-refractivity contribution in [2.75, 3.05) is 17.7 Å². The number of anilines is 1. The molecule has 2 aliphatic rings. The monoisotopic (exact) mass is 390 g/mol. The van der Waals surface area contributed by atoms with Crippen molar-refractivity contribution in [2.24, 2.45) is 0 Å². The molecule has 1 aliphatic carbocycles. The van der Waals surface area contributed by atoms with Gasteiger partial charge in [-0.25, -0.2) is 0 Å². The van der Waals surface area contributed by atoms with Crippen molar-refractivity contribution in [2.45, 2.75) is 74.7 Å². The molecule has 0 aromatic heterocycles. The van der Waals surface area contributed by atoms with E-state index in [1.54, 1.807) is 0 Å². The summed E-state index contributed by atoms with van der Waals surface area (Å²) in [6.07, 6.45) is 3.07. The van der Waals surface area contributed by atoms with Crippen LogP contribution >= 0.6 is 11.8 Å². The molecular weight excluding hydrogens is 360 g/mol. The van der Waals surface area contributed by atoms with Gasteiger partial charge in [0.15, 0.2) is 8.32 Å². The molecule has 1 aliphatic heterocycles. The molecule has 142 valence electrons. The number of fused-ring (bicyclic) bond motifs is 1. The van der Waals surface area contributed by atoms with Gasteiger partial charge < -0.3 is 14.5 Å². The topological polar surface area (TPSA) is 54.3 Å². The first-order valence-electron chi connectivity index (χ1n) is 9.41. The van der Waals surface area contributed by atoms with Crippen molar-refractivity contribution in [3.05, 3.63) is 18.2 Å². The number of thioether (sulfide) groups is 1. The van der Waals surface area contributed by atoms with Crippen LogP contribution in [0.15, 0.2) is 23.1 Å². The third-order valence-electron chi connectivity index (χ3n) is 5.90. The number of nitriles is 1. The van der Waals surface area contributed by atoms with Gasteiger partial charge in [-0.05, 0) is 55.6 Å². The molecule has 0 amide bonds. The van der Waals surface area contributed by atoms with E-state index < -0.39 is 8.32 Å². The first-order valence-corrected chi connectivity index (χ1v) is 13.3. The molecule has 0 radical (unpaired) electrons. The zero-order valence-electron chi connectivity index (χ0n) is 16.5. The molecule has 6 heteroatoms. The number of benzene rings is 1. The second kappa shape index (κ2) is 7.10. The number of nitrogens with one attached hydrogen (secondary N) is 1. The van der Waals surface area contributed by atoms with Gasteiger partial charge in [0.05, 0.1) is 17.6 Å². The third-order valence-corrected chi connectivity index (χ3v) is 11.6. The van der Waals surface area contributed by atoms with Gasteiger partial charge in [0.2, 0.25) is 0 Å². The molecule has 0 spiro atoms. The molecule has 3 rings (SSSR count). The predicted molar refractivity (Wildman–Crippen MR) is 111 cm³/mol. The molecule has 4 nitrogen and oxygen atoms in total. The molecular formula is C20H30N2O2SSi. The van der Waals surface area contributed by atoms with Crippen LogP contribution in [0.5, 0.6) is 5.75 Å². The highest BCUT2D eigenvalue weighted by molar-refractivity contribution is 7.99. The summed E-state index contributed by atoms with van der Waals surface area (Å²) in [5.41, 5.74) is 0.644. The standard InChI is InChI=1S/C20H30N2O2SSi/c1-19(2,3)26(4,5)23-12-16-13-25-18-11-15(7-8-17(18)24-16)22-20(14-21)9-6-10-20/h7-8,11,16,22H,6,9-10,12-13H2,1-5H3. The van der Waals surface area contributed by atoms with Crippen LogP contribution in [0.3, 0.4) is 0 Å². The summed E-state index contributed by atoms with van der Waals surface area (Å²) in [6, 6.07) is 8.59. The number of nitrogens with zero attached hydrogens (tertiary/aromatic N) is 1. The van der Waals surface area contributed by atoms with Crippen molar-refractivity contribution >= 4 is 25.8 Å². The van der Waals surface area contributed by atoms with Crippen molar-refractivity contribution in [1.82, 2.24) is 0 Å². The first-order chi connectivity index (χ1) is 12.1. The number of rotatable bonds is 5. The fourth-order valence-corrected chi connectivity index (χ4v) is 4.90. The Balaban J connectivity index is 1.60. The maximum absolute atomic E-state index is 9.40. The second-order valence-corrected chi connectivity index (χ2v) is 14.8. The molecule has 0 saturated heterocycles. The van der Waals surface area contributed by atoms with Crippen LogP contribution in [0, 0.1) is 11.3 Å². The zero-order valence-corrected chi connectivity index (χ0v) is 18.3. The van der Waals surface area contributed by atoms with E-state index in [1.807, 2.05) is 23.9 Å². The smallest absolute Gasteiger partial charge is 0.192 e. The Morgan fingerprint density at radius 1 is 1.38 bits per heavy atom. The summed E-state index contributed by atoms with van der Waals surface area (Å²) in [6.45, 7) is 12.0. The summed E-state index contributed by atoms with van der Waals surface area (Å²) in [5, 5.41) is 13.0. The number of ether oxygens (including phenoxy) is 1. The highest BCUT2D eigenvalue weighted by atomic mass is 32.2.